The summed E-state index contributed by atoms with van der Waals surface area (Å²) >= 11 is 1.58. The first-order valence-electron chi connectivity index (χ1n) is 11.3. The third kappa shape index (κ3) is 4.96. The number of hydrogen-bond donors (Lipinski definition) is 2. The van der Waals surface area contributed by atoms with Crippen LogP contribution >= 0.6 is 11.8 Å². The second-order valence-corrected chi connectivity index (χ2v) is 11.0. The van der Waals surface area contributed by atoms with Gasteiger partial charge in [0, 0.05) is 11.4 Å². The maximum Gasteiger partial charge on any atom is 0.261 e. The van der Waals surface area contributed by atoms with Crippen molar-refractivity contribution in [1.29, 1.82) is 0 Å². The van der Waals surface area contributed by atoms with E-state index in [0.29, 0.717) is 17.1 Å². The lowest BCUT2D eigenvalue weighted by Crippen LogP contribution is -2.16. The van der Waals surface area contributed by atoms with E-state index in [1.807, 2.05) is 24.3 Å². The fourth-order valence-electron chi connectivity index (χ4n) is 4.24. The molecule has 0 aromatic heterocycles. The van der Waals surface area contributed by atoms with Gasteiger partial charge in [0.2, 0.25) is 5.91 Å². The first kappa shape index (κ1) is 24.0. The minimum absolute atomic E-state index is 0.0969. The van der Waals surface area contributed by atoms with Crippen molar-refractivity contribution in [2.75, 3.05) is 22.9 Å². The lowest BCUT2D eigenvalue weighted by molar-refractivity contribution is -0.113. The number of ether oxygens (including phenoxy) is 1. The van der Waals surface area contributed by atoms with Crippen molar-refractivity contribution in [3.8, 4) is 16.9 Å². The minimum Gasteiger partial charge on any atom is -0.497 e. The minimum atomic E-state index is -3.76. The highest BCUT2D eigenvalue weighted by Gasteiger charge is 2.28. The Labute approximate surface area is 214 Å². The number of rotatable bonds is 8. The number of benzene rings is 4. The summed E-state index contributed by atoms with van der Waals surface area (Å²) in [4.78, 5) is 12.8. The fraction of sp³-hybridized carbons (Fsp3) is 0.107. The van der Waals surface area contributed by atoms with E-state index in [0.717, 1.165) is 0 Å². The molecule has 1 aliphatic carbocycles. The van der Waals surface area contributed by atoms with Crippen LogP contribution in [0, 0.1) is 0 Å². The standard InChI is InChI=1S/C28H24N2O4S2/c1-34-21-14-10-20(11-15-21)30-36(32,33)22-16-12-19(13-17-22)29-27(31)18-35-28-25-8-4-2-6-23(25)24-7-3-5-9-26(24)28/h2-17,28,30H,18H2,1H3,(H,29,31). The van der Waals surface area contributed by atoms with Gasteiger partial charge in [0.05, 0.1) is 23.0 Å². The Morgan fingerprint density at radius 3 is 1.94 bits per heavy atom. The van der Waals surface area contributed by atoms with Gasteiger partial charge in [-0.05, 0) is 70.8 Å². The van der Waals surface area contributed by atoms with Crippen LogP contribution in [0.4, 0.5) is 11.4 Å². The molecular weight excluding hydrogens is 492 g/mol. The molecule has 0 radical (unpaired) electrons. The van der Waals surface area contributed by atoms with E-state index < -0.39 is 10.0 Å². The number of carbonyl (C=O) groups excluding carboxylic acids is 1. The van der Waals surface area contributed by atoms with Gasteiger partial charge in [0.25, 0.3) is 10.0 Å². The SMILES string of the molecule is COc1ccc(NS(=O)(=O)c2ccc(NC(=O)CSC3c4ccccc4-c4ccccc43)cc2)cc1. The molecule has 1 aliphatic rings. The van der Waals surface area contributed by atoms with E-state index in [2.05, 4.69) is 34.3 Å². The molecule has 0 bridgehead atoms. The Hall–Kier alpha value is -3.75. The van der Waals surface area contributed by atoms with Crippen LogP contribution < -0.4 is 14.8 Å². The average molecular weight is 517 g/mol. The summed E-state index contributed by atoms with van der Waals surface area (Å²) in [6.07, 6.45) is 0. The van der Waals surface area contributed by atoms with E-state index in [-0.39, 0.29) is 21.8 Å². The molecule has 2 N–H and O–H groups in total. The number of fused-ring (bicyclic) bond motifs is 3. The molecule has 1 amide bonds. The van der Waals surface area contributed by atoms with Gasteiger partial charge < -0.3 is 10.1 Å². The van der Waals surface area contributed by atoms with E-state index >= 15 is 0 Å². The lowest BCUT2D eigenvalue weighted by Gasteiger charge is -2.13. The first-order valence-corrected chi connectivity index (χ1v) is 13.8. The topological polar surface area (TPSA) is 84.5 Å². The molecule has 0 spiro atoms. The van der Waals surface area contributed by atoms with Gasteiger partial charge in [0.1, 0.15) is 5.75 Å². The van der Waals surface area contributed by atoms with Crippen molar-refractivity contribution >= 4 is 39.1 Å². The van der Waals surface area contributed by atoms with Gasteiger partial charge in [-0.25, -0.2) is 8.42 Å². The Bertz CT molecular complexity index is 1460. The van der Waals surface area contributed by atoms with Crippen LogP contribution in [0.2, 0.25) is 0 Å². The molecular formula is C28H24N2O4S2. The Morgan fingerprint density at radius 1 is 0.806 bits per heavy atom. The highest BCUT2D eigenvalue weighted by atomic mass is 32.2. The molecule has 182 valence electrons. The molecule has 0 fully saturated rings. The normalized spacial score (nSPS) is 12.5. The van der Waals surface area contributed by atoms with Gasteiger partial charge in [-0.1, -0.05) is 48.5 Å². The second-order valence-electron chi connectivity index (χ2n) is 8.27. The number of carbonyl (C=O) groups is 1. The largest absolute Gasteiger partial charge is 0.497 e. The Kier molecular flexibility index (Phi) is 6.71. The van der Waals surface area contributed by atoms with Crippen molar-refractivity contribution < 1.29 is 17.9 Å². The predicted octanol–water partition coefficient (Wildman–Crippen LogP) is 5.94. The van der Waals surface area contributed by atoms with Crippen molar-refractivity contribution in [3.63, 3.8) is 0 Å². The van der Waals surface area contributed by atoms with Crippen molar-refractivity contribution in [1.82, 2.24) is 0 Å². The molecule has 5 rings (SSSR count). The highest BCUT2D eigenvalue weighted by molar-refractivity contribution is 8.00. The fourth-order valence-corrected chi connectivity index (χ4v) is 6.45. The first-order chi connectivity index (χ1) is 17.4. The summed E-state index contributed by atoms with van der Waals surface area (Å²) in [5, 5.41) is 2.96. The van der Waals surface area contributed by atoms with Crippen LogP contribution in [-0.2, 0) is 14.8 Å². The van der Waals surface area contributed by atoms with Gasteiger partial charge in [0.15, 0.2) is 0 Å². The molecule has 0 saturated carbocycles. The predicted molar refractivity (Wildman–Crippen MR) is 145 cm³/mol. The van der Waals surface area contributed by atoms with Gasteiger partial charge in [-0.15, -0.1) is 11.8 Å². The Balaban J connectivity index is 1.21. The Morgan fingerprint density at radius 2 is 1.36 bits per heavy atom. The molecule has 0 saturated heterocycles. The van der Waals surface area contributed by atoms with Gasteiger partial charge >= 0.3 is 0 Å². The van der Waals surface area contributed by atoms with Gasteiger partial charge in [-0.3, -0.25) is 9.52 Å². The molecule has 4 aromatic rings. The third-order valence-electron chi connectivity index (χ3n) is 5.95. The van der Waals surface area contributed by atoms with E-state index in [1.54, 1.807) is 55.3 Å². The van der Waals surface area contributed by atoms with Crippen LogP contribution in [0.3, 0.4) is 0 Å². The maximum atomic E-state index is 12.7. The van der Waals surface area contributed by atoms with Crippen LogP contribution in [0.25, 0.3) is 11.1 Å². The quantitative estimate of drug-likeness (QED) is 0.303. The van der Waals surface area contributed by atoms with Crippen LogP contribution in [-0.4, -0.2) is 27.2 Å². The molecule has 0 aliphatic heterocycles. The monoisotopic (exact) mass is 516 g/mol. The number of amides is 1. The summed E-state index contributed by atoms with van der Waals surface area (Å²) < 4.78 is 33.0. The lowest BCUT2D eigenvalue weighted by atomic mass is 10.1. The number of thioether (sulfide) groups is 1. The summed E-state index contributed by atoms with van der Waals surface area (Å²) in [5.74, 6) is 0.762. The molecule has 0 unspecified atom stereocenters. The summed E-state index contributed by atoms with van der Waals surface area (Å²) in [6, 6.07) is 29.3. The van der Waals surface area contributed by atoms with E-state index in [9.17, 15) is 13.2 Å². The molecule has 8 heteroatoms. The maximum absolute atomic E-state index is 12.7. The highest BCUT2D eigenvalue weighted by Crippen LogP contribution is 2.49. The van der Waals surface area contributed by atoms with E-state index in [1.165, 1.54) is 34.4 Å². The number of hydrogen-bond acceptors (Lipinski definition) is 5. The molecule has 4 aromatic carbocycles. The van der Waals surface area contributed by atoms with Crippen molar-refractivity contribution in [2.45, 2.75) is 10.1 Å². The second kappa shape index (κ2) is 10.1. The third-order valence-corrected chi connectivity index (χ3v) is 8.62. The zero-order valence-electron chi connectivity index (χ0n) is 19.5. The zero-order valence-corrected chi connectivity index (χ0v) is 21.1. The average Bonchev–Trinajstić information content (AvgIpc) is 3.22. The molecule has 0 heterocycles. The number of sulfonamides is 1. The smallest absolute Gasteiger partial charge is 0.261 e. The summed E-state index contributed by atoms with van der Waals surface area (Å²) in [6.45, 7) is 0. The molecule has 0 atom stereocenters. The van der Waals surface area contributed by atoms with Crippen molar-refractivity contribution in [2.24, 2.45) is 0 Å². The van der Waals surface area contributed by atoms with Crippen LogP contribution in [0.5, 0.6) is 5.75 Å². The number of nitrogens with one attached hydrogen (secondary N) is 2. The van der Waals surface area contributed by atoms with Crippen LogP contribution in [0.1, 0.15) is 16.4 Å². The number of anilines is 2. The van der Waals surface area contributed by atoms with Crippen molar-refractivity contribution in [3.05, 3.63) is 108 Å². The molecule has 36 heavy (non-hydrogen) atoms. The zero-order chi connectivity index (χ0) is 25.1. The van der Waals surface area contributed by atoms with Gasteiger partial charge in [-0.2, -0.15) is 0 Å². The van der Waals surface area contributed by atoms with E-state index in [4.69, 9.17) is 4.74 Å². The number of methoxy groups -OCH3 is 1. The van der Waals surface area contributed by atoms with Crippen LogP contribution in [0.15, 0.2) is 102 Å². The summed E-state index contributed by atoms with van der Waals surface area (Å²) in [7, 11) is -2.22. The summed E-state index contributed by atoms with van der Waals surface area (Å²) in [5.41, 5.74) is 5.83. The molecule has 6 nitrogen and oxygen atoms in total.